The van der Waals surface area contributed by atoms with Gasteiger partial charge in [-0.3, -0.25) is 9.10 Å². The van der Waals surface area contributed by atoms with Crippen molar-refractivity contribution < 1.29 is 27.1 Å². The third-order valence-electron chi connectivity index (χ3n) is 4.95. The van der Waals surface area contributed by atoms with E-state index in [2.05, 4.69) is 5.32 Å². The summed E-state index contributed by atoms with van der Waals surface area (Å²) in [6, 6.07) is 16.7. The van der Waals surface area contributed by atoms with Crippen LogP contribution in [-0.2, 0) is 21.4 Å². The number of rotatable bonds is 9. The molecule has 0 aliphatic heterocycles. The van der Waals surface area contributed by atoms with Crippen molar-refractivity contribution in [2.75, 3.05) is 25.1 Å². The maximum atomic E-state index is 14.5. The number of ether oxygens (including phenoxy) is 2. The first-order valence-electron chi connectivity index (χ1n) is 10.1. The van der Waals surface area contributed by atoms with Crippen molar-refractivity contribution in [3.8, 4) is 11.5 Å². The molecule has 3 rings (SSSR count). The number of amides is 1. The van der Waals surface area contributed by atoms with Gasteiger partial charge < -0.3 is 14.8 Å². The molecule has 174 valence electrons. The zero-order valence-corrected chi connectivity index (χ0v) is 19.4. The lowest BCUT2D eigenvalue weighted by atomic mass is 10.2. The fourth-order valence-electron chi connectivity index (χ4n) is 3.17. The fourth-order valence-corrected chi connectivity index (χ4v) is 4.60. The van der Waals surface area contributed by atoms with Crippen LogP contribution in [-0.4, -0.2) is 35.1 Å². The van der Waals surface area contributed by atoms with Gasteiger partial charge in [-0.2, -0.15) is 0 Å². The minimum atomic E-state index is -4.20. The number of nitrogens with zero attached hydrogens (tertiary/aromatic N) is 1. The van der Waals surface area contributed by atoms with E-state index in [0.29, 0.717) is 11.5 Å². The molecule has 3 aromatic rings. The van der Waals surface area contributed by atoms with Crippen LogP contribution in [0.15, 0.2) is 71.6 Å². The topological polar surface area (TPSA) is 84.9 Å². The number of sulfonamides is 1. The molecule has 33 heavy (non-hydrogen) atoms. The van der Waals surface area contributed by atoms with Crippen molar-refractivity contribution in [3.05, 3.63) is 83.7 Å². The first kappa shape index (κ1) is 24.1. The van der Waals surface area contributed by atoms with Gasteiger partial charge in [0.15, 0.2) is 11.5 Å². The molecule has 0 aliphatic rings. The van der Waals surface area contributed by atoms with Gasteiger partial charge in [-0.05, 0) is 48.9 Å². The molecule has 0 saturated carbocycles. The van der Waals surface area contributed by atoms with Gasteiger partial charge in [0.1, 0.15) is 12.4 Å². The number of hydrogen-bond acceptors (Lipinski definition) is 5. The van der Waals surface area contributed by atoms with Crippen molar-refractivity contribution in [2.24, 2.45) is 0 Å². The predicted octanol–water partition coefficient (Wildman–Crippen LogP) is 3.66. The van der Waals surface area contributed by atoms with Crippen LogP contribution in [0.4, 0.5) is 10.1 Å². The second kappa shape index (κ2) is 10.4. The fraction of sp³-hybridized carbons (Fsp3) is 0.208. The monoisotopic (exact) mass is 472 g/mol. The zero-order chi connectivity index (χ0) is 24.0. The molecule has 1 N–H and O–H groups in total. The number of benzene rings is 3. The van der Waals surface area contributed by atoms with Crippen LogP contribution in [0.3, 0.4) is 0 Å². The van der Waals surface area contributed by atoms with E-state index in [-0.39, 0.29) is 17.1 Å². The lowest BCUT2D eigenvalue weighted by Crippen LogP contribution is -2.41. The smallest absolute Gasteiger partial charge is 0.264 e. The summed E-state index contributed by atoms with van der Waals surface area (Å²) in [7, 11) is -1.17. The Kier molecular flexibility index (Phi) is 7.55. The standard InChI is InChI=1S/C24H25FN2O5S/c1-17-8-11-19(12-9-17)33(29,30)27(21-7-5-4-6-20(21)25)16-24(28)26-15-18-10-13-22(31-2)23(14-18)32-3/h4-14H,15-16H2,1-3H3,(H,26,28). The molecule has 0 fully saturated rings. The van der Waals surface area contributed by atoms with E-state index in [0.717, 1.165) is 21.5 Å². The first-order valence-corrected chi connectivity index (χ1v) is 11.5. The molecular weight excluding hydrogens is 447 g/mol. The number of aryl methyl sites for hydroxylation is 1. The third-order valence-corrected chi connectivity index (χ3v) is 6.73. The SMILES string of the molecule is COc1ccc(CNC(=O)CN(c2ccccc2F)S(=O)(=O)c2ccc(C)cc2)cc1OC. The van der Waals surface area contributed by atoms with Crippen molar-refractivity contribution >= 4 is 21.6 Å². The Labute approximate surface area is 192 Å². The Morgan fingerprint density at radius 2 is 1.64 bits per heavy atom. The number of methoxy groups -OCH3 is 2. The van der Waals surface area contributed by atoms with Gasteiger partial charge in [-0.1, -0.05) is 35.9 Å². The van der Waals surface area contributed by atoms with E-state index in [1.165, 1.54) is 44.6 Å². The van der Waals surface area contributed by atoms with Crippen LogP contribution in [0.25, 0.3) is 0 Å². The quantitative estimate of drug-likeness (QED) is 0.514. The van der Waals surface area contributed by atoms with Gasteiger partial charge in [0.25, 0.3) is 10.0 Å². The van der Waals surface area contributed by atoms with Crippen molar-refractivity contribution in [3.63, 3.8) is 0 Å². The average Bonchev–Trinajstić information content (AvgIpc) is 2.81. The van der Waals surface area contributed by atoms with Crippen LogP contribution in [0.2, 0.25) is 0 Å². The summed E-state index contributed by atoms with van der Waals surface area (Å²) in [6.45, 7) is 1.35. The number of anilines is 1. The highest BCUT2D eigenvalue weighted by atomic mass is 32.2. The van der Waals surface area contributed by atoms with Gasteiger partial charge in [-0.25, -0.2) is 12.8 Å². The normalized spacial score (nSPS) is 11.0. The van der Waals surface area contributed by atoms with E-state index in [9.17, 15) is 17.6 Å². The maximum Gasteiger partial charge on any atom is 0.264 e. The molecule has 0 aromatic heterocycles. The van der Waals surface area contributed by atoms with Gasteiger partial charge >= 0.3 is 0 Å². The highest BCUT2D eigenvalue weighted by molar-refractivity contribution is 7.92. The van der Waals surface area contributed by atoms with Gasteiger partial charge in [-0.15, -0.1) is 0 Å². The van der Waals surface area contributed by atoms with Crippen LogP contribution in [0, 0.1) is 12.7 Å². The summed E-state index contributed by atoms with van der Waals surface area (Å²) in [5.41, 5.74) is 1.39. The predicted molar refractivity (Wildman–Crippen MR) is 124 cm³/mol. The summed E-state index contributed by atoms with van der Waals surface area (Å²) in [5.74, 6) is -0.300. The summed E-state index contributed by atoms with van der Waals surface area (Å²) in [5, 5.41) is 2.68. The first-order chi connectivity index (χ1) is 15.8. The van der Waals surface area contributed by atoms with E-state index >= 15 is 0 Å². The van der Waals surface area contributed by atoms with Crippen LogP contribution in [0.1, 0.15) is 11.1 Å². The minimum Gasteiger partial charge on any atom is -0.493 e. The molecule has 0 radical (unpaired) electrons. The molecule has 9 heteroatoms. The molecule has 0 heterocycles. The van der Waals surface area contributed by atoms with E-state index < -0.39 is 28.3 Å². The number of halogens is 1. The average molecular weight is 473 g/mol. The molecule has 0 unspecified atom stereocenters. The highest BCUT2D eigenvalue weighted by Crippen LogP contribution is 2.28. The lowest BCUT2D eigenvalue weighted by molar-refractivity contribution is -0.119. The molecular formula is C24H25FN2O5S. The second-order valence-electron chi connectivity index (χ2n) is 7.24. The van der Waals surface area contributed by atoms with Crippen molar-refractivity contribution in [1.29, 1.82) is 0 Å². The largest absolute Gasteiger partial charge is 0.493 e. The molecule has 0 saturated heterocycles. The summed E-state index contributed by atoms with van der Waals surface area (Å²) >= 11 is 0. The van der Waals surface area contributed by atoms with Crippen molar-refractivity contribution in [2.45, 2.75) is 18.4 Å². The molecule has 1 amide bonds. The minimum absolute atomic E-state index is 0.0379. The number of hydrogen-bond donors (Lipinski definition) is 1. The Balaban J connectivity index is 1.84. The molecule has 0 spiro atoms. The summed E-state index contributed by atoms with van der Waals surface area (Å²) in [6.07, 6.45) is 0. The Morgan fingerprint density at radius 1 is 0.970 bits per heavy atom. The molecule has 7 nitrogen and oxygen atoms in total. The maximum absolute atomic E-state index is 14.5. The summed E-state index contributed by atoms with van der Waals surface area (Å²) in [4.78, 5) is 12.7. The van der Waals surface area contributed by atoms with Crippen LogP contribution in [0.5, 0.6) is 11.5 Å². The number of carbonyl (C=O) groups is 1. The van der Waals surface area contributed by atoms with E-state index in [4.69, 9.17) is 9.47 Å². The lowest BCUT2D eigenvalue weighted by Gasteiger charge is -2.24. The Hall–Kier alpha value is -3.59. The van der Waals surface area contributed by atoms with Gasteiger partial charge in [0, 0.05) is 6.54 Å². The highest BCUT2D eigenvalue weighted by Gasteiger charge is 2.29. The Bertz CT molecular complexity index is 1230. The molecule has 3 aromatic carbocycles. The van der Waals surface area contributed by atoms with E-state index in [1.807, 2.05) is 6.92 Å². The number of carbonyl (C=O) groups excluding carboxylic acids is 1. The molecule has 0 atom stereocenters. The second-order valence-corrected chi connectivity index (χ2v) is 9.10. The number of nitrogens with one attached hydrogen (secondary N) is 1. The van der Waals surface area contributed by atoms with Crippen LogP contribution < -0.4 is 19.1 Å². The number of para-hydroxylation sites is 1. The van der Waals surface area contributed by atoms with Crippen molar-refractivity contribution in [1.82, 2.24) is 5.32 Å². The molecule has 0 bridgehead atoms. The van der Waals surface area contributed by atoms with Gasteiger partial charge in [0.2, 0.25) is 5.91 Å². The van der Waals surface area contributed by atoms with E-state index in [1.54, 1.807) is 30.3 Å². The van der Waals surface area contributed by atoms with Crippen LogP contribution >= 0.6 is 0 Å². The van der Waals surface area contributed by atoms with Gasteiger partial charge in [0.05, 0.1) is 24.8 Å². The third kappa shape index (κ3) is 5.61. The zero-order valence-electron chi connectivity index (χ0n) is 18.5. The Morgan fingerprint density at radius 3 is 2.27 bits per heavy atom. The molecule has 0 aliphatic carbocycles. The summed E-state index contributed by atoms with van der Waals surface area (Å²) < 4.78 is 52.4.